The first-order valence-corrected chi connectivity index (χ1v) is 6.09. The van der Waals surface area contributed by atoms with Crippen LogP contribution in [0.25, 0.3) is 0 Å². The van der Waals surface area contributed by atoms with Gasteiger partial charge in [0.2, 0.25) is 0 Å². The van der Waals surface area contributed by atoms with E-state index in [1.807, 2.05) is 13.2 Å². The quantitative estimate of drug-likeness (QED) is 0.859. The van der Waals surface area contributed by atoms with Gasteiger partial charge in [0, 0.05) is 25.8 Å². The first kappa shape index (κ1) is 12.3. The number of rotatable bonds is 3. The van der Waals surface area contributed by atoms with Gasteiger partial charge < -0.3 is 15.0 Å². The molecule has 0 atom stereocenters. The van der Waals surface area contributed by atoms with Gasteiger partial charge in [-0.2, -0.15) is 0 Å². The second-order valence-electron chi connectivity index (χ2n) is 5.08. The third-order valence-corrected chi connectivity index (χ3v) is 2.94. The molecule has 4 nitrogen and oxygen atoms in total. The SMILES string of the molecule is CNCc1ccc(N2CCOC(C)(C)C2)nc1. The lowest BCUT2D eigenvalue weighted by molar-refractivity contribution is -0.0279. The third-order valence-electron chi connectivity index (χ3n) is 2.94. The summed E-state index contributed by atoms with van der Waals surface area (Å²) in [5.74, 6) is 1.04. The molecule has 1 saturated heterocycles. The van der Waals surface area contributed by atoms with Crippen molar-refractivity contribution in [2.45, 2.75) is 26.0 Å². The summed E-state index contributed by atoms with van der Waals surface area (Å²) in [7, 11) is 1.94. The molecule has 1 N–H and O–H groups in total. The summed E-state index contributed by atoms with van der Waals surface area (Å²) in [6.45, 7) is 7.69. The molecule has 1 aliphatic rings. The molecule has 1 aromatic heterocycles. The van der Waals surface area contributed by atoms with E-state index in [1.54, 1.807) is 0 Å². The zero-order valence-corrected chi connectivity index (χ0v) is 10.9. The van der Waals surface area contributed by atoms with Crippen molar-refractivity contribution in [2.75, 3.05) is 31.6 Å². The molecule has 2 rings (SSSR count). The summed E-state index contributed by atoms with van der Waals surface area (Å²) < 4.78 is 5.70. The first-order valence-electron chi connectivity index (χ1n) is 6.09. The van der Waals surface area contributed by atoms with Gasteiger partial charge in [0.15, 0.2) is 0 Å². The van der Waals surface area contributed by atoms with Crippen LogP contribution in [0.3, 0.4) is 0 Å². The molecule has 94 valence electrons. The Kier molecular flexibility index (Phi) is 3.64. The highest BCUT2D eigenvalue weighted by molar-refractivity contribution is 5.40. The van der Waals surface area contributed by atoms with Crippen molar-refractivity contribution in [3.63, 3.8) is 0 Å². The Hall–Kier alpha value is -1.13. The number of hydrogen-bond acceptors (Lipinski definition) is 4. The van der Waals surface area contributed by atoms with Crippen LogP contribution in [0.5, 0.6) is 0 Å². The molecule has 1 aliphatic heterocycles. The van der Waals surface area contributed by atoms with E-state index < -0.39 is 0 Å². The van der Waals surface area contributed by atoms with Crippen LogP contribution in [-0.4, -0.2) is 37.3 Å². The zero-order chi connectivity index (χ0) is 12.3. The highest BCUT2D eigenvalue weighted by Crippen LogP contribution is 2.21. The molecule has 4 heteroatoms. The lowest BCUT2D eigenvalue weighted by Gasteiger charge is -2.38. The van der Waals surface area contributed by atoms with Gasteiger partial charge in [-0.05, 0) is 32.5 Å². The maximum atomic E-state index is 5.70. The molecule has 0 aromatic carbocycles. The van der Waals surface area contributed by atoms with Gasteiger partial charge >= 0.3 is 0 Å². The molecule has 17 heavy (non-hydrogen) atoms. The fourth-order valence-electron chi connectivity index (χ4n) is 2.12. The number of anilines is 1. The summed E-state index contributed by atoms with van der Waals surface area (Å²) in [5.41, 5.74) is 1.13. The van der Waals surface area contributed by atoms with E-state index in [9.17, 15) is 0 Å². The maximum Gasteiger partial charge on any atom is 0.128 e. The molecular weight excluding hydrogens is 214 g/mol. The van der Waals surface area contributed by atoms with E-state index >= 15 is 0 Å². The fourth-order valence-corrected chi connectivity index (χ4v) is 2.12. The van der Waals surface area contributed by atoms with E-state index in [-0.39, 0.29) is 5.60 Å². The van der Waals surface area contributed by atoms with Gasteiger partial charge in [-0.1, -0.05) is 6.07 Å². The summed E-state index contributed by atoms with van der Waals surface area (Å²) in [4.78, 5) is 6.80. The number of nitrogens with one attached hydrogen (secondary N) is 1. The lowest BCUT2D eigenvalue weighted by atomic mass is 10.1. The Balaban J connectivity index is 2.06. The molecule has 0 amide bonds. The van der Waals surface area contributed by atoms with Crippen LogP contribution in [0.15, 0.2) is 18.3 Å². The number of morpholine rings is 1. The number of aromatic nitrogens is 1. The van der Waals surface area contributed by atoms with Crippen LogP contribution in [0.1, 0.15) is 19.4 Å². The van der Waals surface area contributed by atoms with Gasteiger partial charge in [0.25, 0.3) is 0 Å². The third kappa shape index (κ3) is 3.17. The summed E-state index contributed by atoms with van der Waals surface area (Å²) in [6.07, 6.45) is 1.94. The Morgan fingerprint density at radius 2 is 2.29 bits per heavy atom. The molecule has 0 bridgehead atoms. The van der Waals surface area contributed by atoms with Gasteiger partial charge in [-0.25, -0.2) is 4.98 Å². The topological polar surface area (TPSA) is 37.4 Å². The van der Waals surface area contributed by atoms with E-state index in [0.29, 0.717) is 0 Å². The standard InChI is InChI=1S/C13H21N3O/c1-13(2)10-16(6-7-17-13)12-5-4-11(8-14-3)9-15-12/h4-5,9,14H,6-8,10H2,1-3H3. The predicted octanol–water partition coefficient (Wildman–Crippen LogP) is 1.42. The van der Waals surface area contributed by atoms with Crippen molar-refractivity contribution in [3.05, 3.63) is 23.9 Å². The second-order valence-corrected chi connectivity index (χ2v) is 5.08. The smallest absolute Gasteiger partial charge is 0.128 e. The largest absolute Gasteiger partial charge is 0.372 e. The Morgan fingerprint density at radius 3 is 2.88 bits per heavy atom. The number of ether oxygens (including phenoxy) is 1. The highest BCUT2D eigenvalue weighted by Gasteiger charge is 2.27. The Labute approximate surface area is 103 Å². The number of nitrogens with zero attached hydrogens (tertiary/aromatic N) is 2. The van der Waals surface area contributed by atoms with Crippen LogP contribution in [0.4, 0.5) is 5.82 Å². The van der Waals surface area contributed by atoms with Crippen molar-refractivity contribution in [1.29, 1.82) is 0 Å². The molecule has 1 aromatic rings. The van der Waals surface area contributed by atoms with Crippen molar-refractivity contribution >= 4 is 5.82 Å². The van der Waals surface area contributed by atoms with Crippen LogP contribution >= 0.6 is 0 Å². The minimum atomic E-state index is -0.0798. The van der Waals surface area contributed by atoms with Crippen LogP contribution in [0, 0.1) is 0 Å². The van der Waals surface area contributed by atoms with Crippen molar-refractivity contribution in [1.82, 2.24) is 10.3 Å². The van der Waals surface area contributed by atoms with Crippen LogP contribution in [0.2, 0.25) is 0 Å². The van der Waals surface area contributed by atoms with Crippen molar-refractivity contribution in [2.24, 2.45) is 0 Å². The molecule has 0 spiro atoms. The monoisotopic (exact) mass is 235 g/mol. The molecule has 1 fully saturated rings. The fraction of sp³-hybridized carbons (Fsp3) is 0.615. The maximum absolute atomic E-state index is 5.70. The van der Waals surface area contributed by atoms with Gasteiger partial charge in [0.1, 0.15) is 5.82 Å². The summed E-state index contributed by atoms with van der Waals surface area (Å²) in [5, 5.41) is 3.12. The highest BCUT2D eigenvalue weighted by atomic mass is 16.5. The van der Waals surface area contributed by atoms with Crippen molar-refractivity contribution < 1.29 is 4.74 Å². The van der Waals surface area contributed by atoms with E-state index in [0.717, 1.165) is 32.1 Å². The number of hydrogen-bond donors (Lipinski definition) is 1. The lowest BCUT2D eigenvalue weighted by Crippen LogP contribution is -2.48. The average molecular weight is 235 g/mol. The molecule has 0 saturated carbocycles. The van der Waals surface area contributed by atoms with Crippen LogP contribution < -0.4 is 10.2 Å². The minimum absolute atomic E-state index is 0.0798. The zero-order valence-electron chi connectivity index (χ0n) is 10.9. The average Bonchev–Trinajstić information content (AvgIpc) is 2.29. The second kappa shape index (κ2) is 5.02. The van der Waals surface area contributed by atoms with Crippen LogP contribution in [-0.2, 0) is 11.3 Å². The Bertz CT molecular complexity index is 361. The minimum Gasteiger partial charge on any atom is -0.372 e. The molecule has 0 unspecified atom stereocenters. The molecule has 0 radical (unpaired) electrons. The Morgan fingerprint density at radius 1 is 1.47 bits per heavy atom. The number of pyridine rings is 1. The normalized spacial score (nSPS) is 19.4. The van der Waals surface area contributed by atoms with Gasteiger partial charge in [0.05, 0.1) is 12.2 Å². The molecular formula is C13H21N3O. The first-order chi connectivity index (χ1) is 8.11. The molecule has 0 aliphatic carbocycles. The van der Waals surface area contributed by atoms with Gasteiger partial charge in [-0.15, -0.1) is 0 Å². The molecule has 2 heterocycles. The van der Waals surface area contributed by atoms with E-state index in [1.165, 1.54) is 5.56 Å². The summed E-state index contributed by atoms with van der Waals surface area (Å²) >= 11 is 0. The summed E-state index contributed by atoms with van der Waals surface area (Å²) in [6, 6.07) is 4.22. The van der Waals surface area contributed by atoms with Crippen molar-refractivity contribution in [3.8, 4) is 0 Å². The van der Waals surface area contributed by atoms with E-state index in [4.69, 9.17) is 4.74 Å². The van der Waals surface area contributed by atoms with Gasteiger partial charge in [-0.3, -0.25) is 0 Å². The van der Waals surface area contributed by atoms with E-state index in [2.05, 4.69) is 41.2 Å². The predicted molar refractivity (Wildman–Crippen MR) is 69.2 cm³/mol.